The Morgan fingerprint density at radius 3 is 3.14 bits per heavy atom. The molecule has 0 aliphatic rings. The van der Waals surface area contributed by atoms with Crippen LogP contribution in [0.4, 0.5) is 0 Å². The molecule has 2 aromatic heterocycles. The highest BCUT2D eigenvalue weighted by molar-refractivity contribution is 5.98. The van der Waals surface area contributed by atoms with E-state index in [-0.39, 0.29) is 5.91 Å². The monoisotopic (exact) mass is 282 g/mol. The number of nitrogens with zero attached hydrogens (tertiary/aromatic N) is 2. The minimum absolute atomic E-state index is 0.0319. The lowest BCUT2D eigenvalue weighted by Gasteiger charge is -2.13. The number of hydrogen-bond acceptors (Lipinski definition) is 2. The van der Waals surface area contributed by atoms with E-state index < -0.39 is 0 Å². The summed E-state index contributed by atoms with van der Waals surface area (Å²) >= 11 is 0. The van der Waals surface area contributed by atoms with Crippen molar-refractivity contribution in [3.05, 3.63) is 54.7 Å². The third-order valence-corrected chi connectivity index (χ3v) is 3.51. The molecule has 2 heterocycles. The van der Waals surface area contributed by atoms with Gasteiger partial charge in [0.15, 0.2) is 0 Å². The Hall–Kier alpha value is -2.56. The van der Waals surface area contributed by atoms with Crippen molar-refractivity contribution < 1.29 is 4.79 Å². The lowest BCUT2D eigenvalue weighted by Crippen LogP contribution is -2.29. The molecule has 1 unspecified atom stereocenters. The molecule has 5 nitrogen and oxygen atoms in total. The zero-order valence-electron chi connectivity index (χ0n) is 11.9. The van der Waals surface area contributed by atoms with Crippen LogP contribution in [0.1, 0.15) is 17.3 Å². The van der Waals surface area contributed by atoms with Crippen LogP contribution in [-0.4, -0.2) is 27.0 Å². The third-order valence-electron chi connectivity index (χ3n) is 3.51. The predicted octanol–water partition coefficient (Wildman–Crippen LogP) is 2.43. The molecule has 2 N–H and O–H groups in total. The molecule has 5 heteroatoms. The second-order valence-corrected chi connectivity index (χ2v) is 5.35. The van der Waals surface area contributed by atoms with E-state index in [2.05, 4.69) is 22.2 Å². The maximum Gasteiger partial charge on any atom is 0.251 e. The Bertz CT molecular complexity index is 730. The van der Waals surface area contributed by atoms with Gasteiger partial charge in [-0.15, -0.1) is 0 Å². The highest BCUT2D eigenvalue weighted by atomic mass is 16.1. The molecule has 1 aromatic carbocycles. The van der Waals surface area contributed by atoms with Crippen LogP contribution in [0.3, 0.4) is 0 Å². The summed E-state index contributed by atoms with van der Waals surface area (Å²) in [6, 6.07) is 7.64. The molecule has 0 saturated heterocycles. The minimum atomic E-state index is -0.0319. The fourth-order valence-corrected chi connectivity index (χ4v) is 2.38. The van der Waals surface area contributed by atoms with Crippen LogP contribution in [0.2, 0.25) is 0 Å². The first-order valence-corrected chi connectivity index (χ1v) is 7.03. The van der Waals surface area contributed by atoms with Gasteiger partial charge in [0.05, 0.1) is 6.33 Å². The van der Waals surface area contributed by atoms with Crippen molar-refractivity contribution >= 4 is 16.8 Å². The van der Waals surface area contributed by atoms with E-state index in [1.807, 2.05) is 41.2 Å². The van der Waals surface area contributed by atoms with Crippen LogP contribution in [-0.2, 0) is 6.54 Å². The fourth-order valence-electron chi connectivity index (χ4n) is 2.38. The fraction of sp³-hybridized carbons (Fsp3) is 0.250. The van der Waals surface area contributed by atoms with Gasteiger partial charge >= 0.3 is 0 Å². The molecule has 21 heavy (non-hydrogen) atoms. The second-order valence-electron chi connectivity index (χ2n) is 5.35. The Labute approximate surface area is 123 Å². The number of aromatic amines is 1. The number of hydrogen-bond donors (Lipinski definition) is 2. The lowest BCUT2D eigenvalue weighted by molar-refractivity contribution is 0.0947. The summed E-state index contributed by atoms with van der Waals surface area (Å²) in [6.07, 6.45) is 7.35. The number of fused-ring (bicyclic) bond motifs is 1. The first-order valence-electron chi connectivity index (χ1n) is 7.03. The smallest absolute Gasteiger partial charge is 0.251 e. The van der Waals surface area contributed by atoms with Gasteiger partial charge in [-0.05, 0) is 30.2 Å². The van der Waals surface area contributed by atoms with Gasteiger partial charge in [-0.3, -0.25) is 4.79 Å². The molecule has 0 radical (unpaired) electrons. The van der Waals surface area contributed by atoms with E-state index in [0.717, 1.165) is 17.4 Å². The van der Waals surface area contributed by atoms with Crippen molar-refractivity contribution in [2.45, 2.75) is 13.5 Å². The van der Waals surface area contributed by atoms with Crippen molar-refractivity contribution in [2.75, 3.05) is 6.54 Å². The summed E-state index contributed by atoms with van der Waals surface area (Å²) in [4.78, 5) is 19.3. The van der Waals surface area contributed by atoms with Crippen LogP contribution < -0.4 is 5.32 Å². The number of imidazole rings is 1. The molecule has 0 spiro atoms. The Kier molecular flexibility index (Phi) is 3.73. The summed E-state index contributed by atoms with van der Waals surface area (Å²) in [5.74, 6) is 0.315. The molecule has 3 aromatic rings. The van der Waals surface area contributed by atoms with Crippen LogP contribution in [0.25, 0.3) is 10.9 Å². The zero-order valence-corrected chi connectivity index (χ0v) is 11.9. The second kappa shape index (κ2) is 5.83. The van der Waals surface area contributed by atoms with Crippen LogP contribution in [0.15, 0.2) is 49.2 Å². The topological polar surface area (TPSA) is 62.7 Å². The maximum atomic E-state index is 12.2. The molecule has 1 atom stereocenters. The quantitative estimate of drug-likeness (QED) is 0.755. The van der Waals surface area contributed by atoms with E-state index in [1.165, 1.54) is 0 Å². The van der Waals surface area contributed by atoms with Crippen molar-refractivity contribution in [2.24, 2.45) is 5.92 Å². The molecular weight excluding hydrogens is 264 g/mol. The van der Waals surface area contributed by atoms with Gasteiger partial charge in [0, 0.05) is 48.1 Å². The number of carbonyl (C=O) groups excluding carboxylic acids is 1. The molecule has 108 valence electrons. The highest BCUT2D eigenvalue weighted by Gasteiger charge is 2.09. The summed E-state index contributed by atoms with van der Waals surface area (Å²) in [5, 5.41) is 4.04. The number of carbonyl (C=O) groups is 1. The summed E-state index contributed by atoms with van der Waals surface area (Å²) in [6.45, 7) is 3.59. The van der Waals surface area contributed by atoms with Crippen LogP contribution >= 0.6 is 0 Å². The molecular formula is C16H18N4O. The van der Waals surface area contributed by atoms with Gasteiger partial charge in [-0.1, -0.05) is 6.92 Å². The minimum Gasteiger partial charge on any atom is -0.361 e. The standard InChI is InChI=1S/C16H18N4O/c1-12(10-20-7-6-17-11-20)9-19-16(21)14-2-3-15-13(8-14)4-5-18-15/h2-8,11-12,18H,9-10H2,1H3,(H,19,21). The van der Waals surface area contributed by atoms with Crippen molar-refractivity contribution in [1.29, 1.82) is 0 Å². The van der Waals surface area contributed by atoms with E-state index in [4.69, 9.17) is 0 Å². The molecule has 0 aliphatic carbocycles. The Balaban J connectivity index is 1.58. The molecule has 3 rings (SSSR count). The SMILES string of the molecule is CC(CNC(=O)c1ccc2[nH]ccc2c1)Cn1ccnc1. The average Bonchev–Trinajstić information content (AvgIpc) is 3.14. The largest absolute Gasteiger partial charge is 0.361 e. The first kappa shape index (κ1) is 13.4. The van der Waals surface area contributed by atoms with Gasteiger partial charge in [0.25, 0.3) is 5.91 Å². The van der Waals surface area contributed by atoms with Gasteiger partial charge in [-0.25, -0.2) is 4.98 Å². The normalized spacial score (nSPS) is 12.4. The number of amides is 1. The number of nitrogens with one attached hydrogen (secondary N) is 2. The van der Waals surface area contributed by atoms with Gasteiger partial charge in [-0.2, -0.15) is 0 Å². The van der Waals surface area contributed by atoms with Gasteiger partial charge in [0.2, 0.25) is 0 Å². The van der Waals surface area contributed by atoms with Crippen LogP contribution in [0.5, 0.6) is 0 Å². The Morgan fingerprint density at radius 1 is 1.43 bits per heavy atom. The van der Waals surface area contributed by atoms with Crippen LogP contribution in [0, 0.1) is 5.92 Å². The van der Waals surface area contributed by atoms with E-state index in [0.29, 0.717) is 18.0 Å². The maximum absolute atomic E-state index is 12.2. The molecule has 0 aliphatic heterocycles. The number of rotatable bonds is 5. The van der Waals surface area contributed by atoms with Crippen molar-refractivity contribution in [3.63, 3.8) is 0 Å². The van der Waals surface area contributed by atoms with E-state index in [9.17, 15) is 4.79 Å². The highest BCUT2D eigenvalue weighted by Crippen LogP contribution is 2.14. The number of benzene rings is 1. The van der Waals surface area contributed by atoms with E-state index >= 15 is 0 Å². The van der Waals surface area contributed by atoms with Crippen molar-refractivity contribution in [3.8, 4) is 0 Å². The summed E-state index contributed by atoms with van der Waals surface area (Å²) in [5.41, 5.74) is 1.73. The number of H-pyrrole nitrogens is 1. The van der Waals surface area contributed by atoms with Crippen molar-refractivity contribution in [1.82, 2.24) is 19.9 Å². The lowest BCUT2D eigenvalue weighted by atomic mass is 10.1. The average molecular weight is 282 g/mol. The Morgan fingerprint density at radius 2 is 2.33 bits per heavy atom. The first-order chi connectivity index (χ1) is 10.2. The van der Waals surface area contributed by atoms with Gasteiger partial charge < -0.3 is 14.9 Å². The third kappa shape index (κ3) is 3.13. The summed E-state index contributed by atoms with van der Waals surface area (Å²) < 4.78 is 2.02. The van der Waals surface area contributed by atoms with E-state index in [1.54, 1.807) is 12.5 Å². The molecule has 0 fully saturated rings. The number of aromatic nitrogens is 3. The molecule has 1 amide bonds. The molecule has 0 bridgehead atoms. The predicted molar refractivity (Wildman–Crippen MR) is 82.0 cm³/mol. The molecule has 0 saturated carbocycles. The summed E-state index contributed by atoms with van der Waals surface area (Å²) in [7, 11) is 0. The zero-order chi connectivity index (χ0) is 14.7. The van der Waals surface area contributed by atoms with Gasteiger partial charge in [0.1, 0.15) is 0 Å².